The summed E-state index contributed by atoms with van der Waals surface area (Å²) in [6, 6.07) is 7.31. The van der Waals surface area contributed by atoms with Gasteiger partial charge >= 0.3 is 0 Å². The Hall–Kier alpha value is -1.70. The Balaban J connectivity index is 2.02. The third-order valence-electron chi connectivity index (χ3n) is 3.27. The first kappa shape index (κ1) is 14.2. The van der Waals surface area contributed by atoms with E-state index in [1.54, 1.807) is 7.11 Å². The van der Waals surface area contributed by atoms with Crippen LogP contribution in [0.2, 0.25) is 0 Å². The molecule has 108 valence electrons. The van der Waals surface area contributed by atoms with Crippen molar-refractivity contribution in [3.8, 4) is 0 Å². The number of para-hydroxylation sites is 1. The van der Waals surface area contributed by atoms with Crippen LogP contribution in [0.1, 0.15) is 5.56 Å². The molecule has 0 radical (unpaired) electrons. The van der Waals surface area contributed by atoms with E-state index in [0.717, 1.165) is 11.3 Å². The second-order valence-corrected chi connectivity index (χ2v) is 6.17. The molecule has 3 rings (SSSR count). The molecule has 2 aliphatic rings. The molecule has 21 heavy (non-hydrogen) atoms. The van der Waals surface area contributed by atoms with E-state index in [1.807, 2.05) is 24.3 Å². The highest BCUT2D eigenvalue weighted by atomic mass is 32.2. The number of benzene rings is 1. The number of methoxy groups -OCH3 is 1. The fourth-order valence-corrected chi connectivity index (χ4v) is 3.65. The van der Waals surface area contributed by atoms with E-state index in [0.29, 0.717) is 28.0 Å². The van der Waals surface area contributed by atoms with Gasteiger partial charge < -0.3 is 10.1 Å². The van der Waals surface area contributed by atoms with Gasteiger partial charge in [-0.25, -0.2) is 0 Å². The third kappa shape index (κ3) is 2.37. The van der Waals surface area contributed by atoms with Crippen molar-refractivity contribution in [2.24, 2.45) is 0 Å². The number of ether oxygens (including phenoxy) is 1. The number of hydrogen-bond donors (Lipinski definition) is 1. The molecule has 1 fully saturated rings. The number of anilines is 1. The van der Waals surface area contributed by atoms with Crippen LogP contribution < -0.4 is 5.32 Å². The summed E-state index contributed by atoms with van der Waals surface area (Å²) in [6.07, 6.45) is 0. The molecule has 0 saturated carbocycles. The number of rotatable bonds is 3. The number of thioether (sulfide) groups is 1. The molecule has 0 aromatic heterocycles. The zero-order valence-corrected chi connectivity index (χ0v) is 12.8. The summed E-state index contributed by atoms with van der Waals surface area (Å²) in [4.78, 5) is 26.5. The molecule has 2 heterocycles. The second kappa shape index (κ2) is 5.59. The molecule has 2 amide bonds. The lowest BCUT2D eigenvalue weighted by Gasteiger charge is -2.13. The van der Waals surface area contributed by atoms with Crippen LogP contribution >= 0.6 is 24.0 Å². The van der Waals surface area contributed by atoms with Gasteiger partial charge in [0.25, 0.3) is 11.8 Å². The lowest BCUT2D eigenvalue weighted by Crippen LogP contribution is -2.31. The Kier molecular flexibility index (Phi) is 3.79. The van der Waals surface area contributed by atoms with Gasteiger partial charge in [0.15, 0.2) is 0 Å². The van der Waals surface area contributed by atoms with Gasteiger partial charge in [-0.2, -0.15) is 0 Å². The standard InChI is InChI=1S/C14H12N2O3S2/c1-19-7-6-16-13(18)11(21-14(16)20)10-8-4-2-3-5-9(8)15-12(10)17/h2-5H,6-7H2,1H3,(H,15,17)/b11-10-. The van der Waals surface area contributed by atoms with Crippen molar-refractivity contribution in [2.75, 3.05) is 25.6 Å². The van der Waals surface area contributed by atoms with Crippen molar-refractivity contribution < 1.29 is 14.3 Å². The van der Waals surface area contributed by atoms with Crippen LogP contribution in [-0.4, -0.2) is 41.3 Å². The molecule has 0 bridgehead atoms. The normalized spacial score (nSPS) is 21.0. The summed E-state index contributed by atoms with van der Waals surface area (Å²) in [5.41, 5.74) is 1.87. The molecular weight excluding hydrogens is 308 g/mol. The number of thiocarbonyl (C=S) groups is 1. The first-order valence-corrected chi connectivity index (χ1v) is 7.53. The Morgan fingerprint density at radius 1 is 1.33 bits per heavy atom. The van der Waals surface area contributed by atoms with E-state index < -0.39 is 0 Å². The van der Waals surface area contributed by atoms with Gasteiger partial charge in [-0.15, -0.1) is 0 Å². The van der Waals surface area contributed by atoms with Crippen molar-refractivity contribution in [2.45, 2.75) is 0 Å². The van der Waals surface area contributed by atoms with Gasteiger partial charge in [0.05, 0.1) is 23.6 Å². The molecule has 1 N–H and O–H groups in total. The largest absolute Gasteiger partial charge is 0.383 e. The molecule has 0 aliphatic carbocycles. The minimum atomic E-state index is -0.261. The van der Waals surface area contributed by atoms with Crippen LogP contribution in [0.15, 0.2) is 29.2 Å². The lowest BCUT2D eigenvalue weighted by atomic mass is 10.1. The Morgan fingerprint density at radius 2 is 2.10 bits per heavy atom. The zero-order chi connectivity index (χ0) is 15.0. The highest BCUT2D eigenvalue weighted by Crippen LogP contribution is 2.41. The van der Waals surface area contributed by atoms with Crippen molar-refractivity contribution in [3.63, 3.8) is 0 Å². The summed E-state index contributed by atoms with van der Waals surface area (Å²) in [5, 5.41) is 2.77. The average molecular weight is 320 g/mol. The molecule has 0 atom stereocenters. The van der Waals surface area contributed by atoms with Gasteiger partial charge in [-0.3, -0.25) is 14.5 Å². The van der Waals surface area contributed by atoms with Gasteiger partial charge in [-0.05, 0) is 6.07 Å². The fourth-order valence-electron chi connectivity index (χ4n) is 2.27. The monoisotopic (exact) mass is 320 g/mol. The third-order valence-corrected chi connectivity index (χ3v) is 4.72. The number of fused-ring (bicyclic) bond motifs is 1. The molecule has 1 aromatic rings. The number of carbonyl (C=O) groups excluding carboxylic acids is 2. The number of nitrogens with one attached hydrogen (secondary N) is 1. The number of nitrogens with zero attached hydrogens (tertiary/aromatic N) is 1. The minimum absolute atomic E-state index is 0.232. The molecule has 1 aromatic carbocycles. The summed E-state index contributed by atoms with van der Waals surface area (Å²) in [7, 11) is 1.57. The first-order valence-electron chi connectivity index (χ1n) is 6.31. The quantitative estimate of drug-likeness (QED) is 0.680. The Bertz CT molecular complexity index is 685. The molecular formula is C14H12N2O3S2. The highest BCUT2D eigenvalue weighted by molar-refractivity contribution is 8.26. The maximum atomic E-state index is 12.5. The predicted molar refractivity (Wildman–Crippen MR) is 85.8 cm³/mol. The summed E-state index contributed by atoms with van der Waals surface area (Å²) >= 11 is 6.40. The minimum Gasteiger partial charge on any atom is -0.383 e. The van der Waals surface area contributed by atoms with Crippen molar-refractivity contribution >= 4 is 51.4 Å². The number of amides is 2. The van der Waals surface area contributed by atoms with Crippen LogP contribution in [0.5, 0.6) is 0 Å². The van der Waals surface area contributed by atoms with Crippen LogP contribution in [-0.2, 0) is 14.3 Å². The zero-order valence-electron chi connectivity index (χ0n) is 11.2. The molecule has 5 nitrogen and oxygen atoms in total. The van der Waals surface area contributed by atoms with E-state index in [4.69, 9.17) is 17.0 Å². The lowest BCUT2D eigenvalue weighted by molar-refractivity contribution is -0.122. The van der Waals surface area contributed by atoms with Crippen LogP contribution in [0.25, 0.3) is 5.57 Å². The maximum absolute atomic E-state index is 12.5. The second-order valence-electron chi connectivity index (χ2n) is 4.52. The van der Waals surface area contributed by atoms with Crippen molar-refractivity contribution in [3.05, 3.63) is 34.7 Å². The van der Waals surface area contributed by atoms with Gasteiger partial charge in [0, 0.05) is 18.4 Å². The molecule has 2 aliphatic heterocycles. The number of hydrogen-bond acceptors (Lipinski definition) is 5. The summed E-state index contributed by atoms with van der Waals surface area (Å²) in [5.74, 6) is -0.493. The maximum Gasteiger partial charge on any atom is 0.267 e. The van der Waals surface area contributed by atoms with Crippen molar-refractivity contribution in [1.29, 1.82) is 0 Å². The Labute approximate surface area is 131 Å². The summed E-state index contributed by atoms with van der Waals surface area (Å²) < 4.78 is 5.44. The average Bonchev–Trinajstić information content (AvgIpc) is 2.93. The van der Waals surface area contributed by atoms with Crippen molar-refractivity contribution in [1.82, 2.24) is 4.90 Å². The van der Waals surface area contributed by atoms with E-state index in [-0.39, 0.29) is 11.8 Å². The van der Waals surface area contributed by atoms with Gasteiger partial charge in [-0.1, -0.05) is 42.2 Å². The molecule has 1 saturated heterocycles. The SMILES string of the molecule is COCCN1C(=O)/C(=C2/C(=O)Nc3ccccc32)SC1=S. The fraction of sp³-hybridized carbons (Fsp3) is 0.214. The van der Waals surface area contributed by atoms with Crippen LogP contribution in [0.4, 0.5) is 5.69 Å². The molecule has 7 heteroatoms. The highest BCUT2D eigenvalue weighted by Gasteiger charge is 2.38. The van der Waals surface area contributed by atoms with E-state index >= 15 is 0 Å². The topological polar surface area (TPSA) is 58.6 Å². The summed E-state index contributed by atoms with van der Waals surface area (Å²) in [6.45, 7) is 0.791. The first-order chi connectivity index (χ1) is 10.1. The predicted octanol–water partition coefficient (Wildman–Crippen LogP) is 1.86. The van der Waals surface area contributed by atoms with Gasteiger partial charge in [0.1, 0.15) is 4.32 Å². The molecule has 0 unspecified atom stereocenters. The number of carbonyl (C=O) groups is 2. The van der Waals surface area contributed by atoms with Crippen LogP contribution in [0.3, 0.4) is 0 Å². The molecule has 0 spiro atoms. The van der Waals surface area contributed by atoms with E-state index in [2.05, 4.69) is 5.32 Å². The van der Waals surface area contributed by atoms with Crippen LogP contribution in [0, 0.1) is 0 Å². The van der Waals surface area contributed by atoms with Gasteiger partial charge in [0.2, 0.25) is 0 Å². The van der Waals surface area contributed by atoms with E-state index in [1.165, 1.54) is 16.7 Å². The smallest absolute Gasteiger partial charge is 0.267 e. The van der Waals surface area contributed by atoms with E-state index in [9.17, 15) is 9.59 Å². The Morgan fingerprint density at radius 3 is 2.86 bits per heavy atom.